The molecule has 6 rings (SSSR count). The molecule has 3 aromatic carbocycles. The Morgan fingerprint density at radius 1 is 0.881 bits per heavy atom. The quantitative estimate of drug-likeness (QED) is 0.204. The Morgan fingerprint density at radius 2 is 1.69 bits per heavy atom. The van der Waals surface area contributed by atoms with Crippen LogP contribution < -0.4 is 10.1 Å². The van der Waals surface area contributed by atoms with E-state index in [1.807, 2.05) is 71.1 Å². The molecule has 0 atom stereocenters. The average Bonchev–Trinajstić information content (AvgIpc) is 3.34. The van der Waals surface area contributed by atoms with Crippen molar-refractivity contribution in [2.24, 2.45) is 7.05 Å². The SMILES string of the molecule is Cn1c(C(=O)N2CCN(Cc3ccccc3)CC2)cc2cc(Oc3ccc(NCc4ccc(Cl)c(Cl)c4)cn3)ccc21. The second-order valence-electron chi connectivity index (χ2n) is 10.5. The van der Waals surface area contributed by atoms with Crippen molar-refractivity contribution in [3.8, 4) is 11.6 Å². The Kier molecular flexibility index (Phi) is 8.33. The monoisotopic (exact) mass is 599 g/mol. The second-order valence-corrected chi connectivity index (χ2v) is 11.3. The molecule has 0 spiro atoms. The first-order chi connectivity index (χ1) is 20.4. The number of aryl methyl sites for hydroxylation is 1. The molecule has 2 aromatic heterocycles. The van der Waals surface area contributed by atoms with Gasteiger partial charge in [0.1, 0.15) is 11.4 Å². The predicted molar refractivity (Wildman–Crippen MR) is 169 cm³/mol. The summed E-state index contributed by atoms with van der Waals surface area (Å²) in [4.78, 5) is 22.3. The van der Waals surface area contributed by atoms with Crippen molar-refractivity contribution >= 4 is 45.7 Å². The summed E-state index contributed by atoms with van der Waals surface area (Å²) in [7, 11) is 1.94. The molecule has 214 valence electrons. The van der Waals surface area contributed by atoms with Crippen LogP contribution in [0.3, 0.4) is 0 Å². The van der Waals surface area contributed by atoms with Gasteiger partial charge in [0.2, 0.25) is 5.88 Å². The number of hydrogen-bond acceptors (Lipinski definition) is 5. The van der Waals surface area contributed by atoms with Gasteiger partial charge >= 0.3 is 0 Å². The van der Waals surface area contributed by atoms with Gasteiger partial charge in [-0.25, -0.2) is 4.98 Å². The molecule has 1 amide bonds. The number of carbonyl (C=O) groups excluding carboxylic acids is 1. The van der Waals surface area contributed by atoms with Crippen LogP contribution in [0.25, 0.3) is 10.9 Å². The zero-order chi connectivity index (χ0) is 29.1. The largest absolute Gasteiger partial charge is 0.439 e. The fourth-order valence-corrected chi connectivity index (χ4v) is 5.55. The van der Waals surface area contributed by atoms with Gasteiger partial charge in [-0.15, -0.1) is 0 Å². The standard InChI is InChI=1S/C33H31Cl2N5O2/c1-38-30-11-9-27(42-32-12-8-26(21-37-32)36-20-24-7-10-28(34)29(35)17-24)18-25(30)19-31(38)33(41)40-15-13-39(14-16-40)22-23-5-3-2-4-6-23/h2-12,17-19,21,36H,13-16,20,22H2,1H3. The van der Waals surface area contributed by atoms with E-state index in [1.165, 1.54) is 5.56 Å². The van der Waals surface area contributed by atoms with E-state index in [0.717, 1.165) is 41.8 Å². The molecule has 1 saturated heterocycles. The highest BCUT2D eigenvalue weighted by Crippen LogP contribution is 2.28. The number of rotatable bonds is 8. The minimum absolute atomic E-state index is 0.0566. The lowest BCUT2D eigenvalue weighted by Gasteiger charge is -2.34. The lowest BCUT2D eigenvalue weighted by atomic mass is 10.2. The van der Waals surface area contributed by atoms with E-state index in [-0.39, 0.29) is 5.91 Å². The maximum atomic E-state index is 13.5. The average molecular weight is 601 g/mol. The minimum atomic E-state index is 0.0566. The third-order valence-corrected chi connectivity index (χ3v) is 8.32. The number of fused-ring (bicyclic) bond motifs is 1. The van der Waals surface area contributed by atoms with Crippen molar-refractivity contribution in [3.63, 3.8) is 0 Å². The van der Waals surface area contributed by atoms with Gasteiger partial charge < -0.3 is 19.5 Å². The highest BCUT2D eigenvalue weighted by molar-refractivity contribution is 6.42. The van der Waals surface area contributed by atoms with Crippen LogP contribution in [0.1, 0.15) is 21.6 Å². The molecular formula is C33H31Cl2N5O2. The number of pyridine rings is 1. The lowest BCUT2D eigenvalue weighted by molar-refractivity contribution is 0.0619. The Hall–Kier alpha value is -4.04. The van der Waals surface area contributed by atoms with Crippen LogP contribution in [0.5, 0.6) is 11.6 Å². The molecule has 0 saturated carbocycles. The first-order valence-corrected chi connectivity index (χ1v) is 14.7. The van der Waals surface area contributed by atoms with Crippen molar-refractivity contribution in [1.29, 1.82) is 0 Å². The number of ether oxygens (including phenoxy) is 1. The van der Waals surface area contributed by atoms with Gasteiger partial charge in [0.15, 0.2) is 0 Å². The van der Waals surface area contributed by atoms with Crippen LogP contribution in [0.2, 0.25) is 10.0 Å². The number of anilines is 1. The van der Waals surface area contributed by atoms with E-state index >= 15 is 0 Å². The predicted octanol–water partition coefficient (Wildman–Crippen LogP) is 7.24. The highest BCUT2D eigenvalue weighted by atomic mass is 35.5. The zero-order valence-corrected chi connectivity index (χ0v) is 24.8. The van der Waals surface area contributed by atoms with Crippen molar-refractivity contribution in [1.82, 2.24) is 19.4 Å². The molecule has 0 bridgehead atoms. The number of piperazine rings is 1. The number of nitrogens with zero attached hydrogens (tertiary/aromatic N) is 4. The van der Waals surface area contributed by atoms with E-state index in [2.05, 4.69) is 39.5 Å². The summed E-state index contributed by atoms with van der Waals surface area (Å²) in [6.45, 7) is 4.65. The number of carbonyl (C=O) groups is 1. The molecule has 1 fully saturated rings. The van der Waals surface area contributed by atoms with E-state index in [1.54, 1.807) is 12.3 Å². The van der Waals surface area contributed by atoms with Gasteiger partial charge in [0.25, 0.3) is 5.91 Å². The van der Waals surface area contributed by atoms with Crippen LogP contribution in [0.4, 0.5) is 5.69 Å². The van der Waals surface area contributed by atoms with E-state index < -0.39 is 0 Å². The molecule has 0 unspecified atom stereocenters. The van der Waals surface area contributed by atoms with E-state index in [0.29, 0.717) is 47.0 Å². The number of amides is 1. The van der Waals surface area contributed by atoms with E-state index in [4.69, 9.17) is 27.9 Å². The molecule has 1 N–H and O–H groups in total. The number of halogens is 2. The van der Waals surface area contributed by atoms with Gasteiger partial charge in [-0.2, -0.15) is 0 Å². The summed E-state index contributed by atoms with van der Waals surface area (Å²) >= 11 is 12.1. The van der Waals surface area contributed by atoms with Crippen LogP contribution in [-0.2, 0) is 20.1 Å². The summed E-state index contributed by atoms with van der Waals surface area (Å²) in [5, 5.41) is 5.33. The van der Waals surface area contributed by atoms with Crippen LogP contribution in [0.15, 0.2) is 91.1 Å². The Bertz CT molecular complexity index is 1700. The Balaban J connectivity index is 1.07. The Morgan fingerprint density at radius 3 is 2.43 bits per heavy atom. The summed E-state index contributed by atoms with van der Waals surface area (Å²) in [6, 6.07) is 27.5. The van der Waals surface area contributed by atoms with Gasteiger partial charge in [-0.05, 0) is 53.6 Å². The molecule has 0 aliphatic carbocycles. The Labute approximate surface area is 255 Å². The third-order valence-electron chi connectivity index (χ3n) is 7.58. The van der Waals surface area contributed by atoms with Crippen LogP contribution in [0, 0.1) is 0 Å². The summed E-state index contributed by atoms with van der Waals surface area (Å²) < 4.78 is 8.00. The molecule has 9 heteroatoms. The van der Waals surface area contributed by atoms with Crippen LogP contribution >= 0.6 is 23.2 Å². The molecule has 1 aliphatic heterocycles. The number of hydrogen-bond donors (Lipinski definition) is 1. The minimum Gasteiger partial charge on any atom is -0.439 e. The normalized spacial score (nSPS) is 13.8. The van der Waals surface area contributed by atoms with E-state index in [9.17, 15) is 4.79 Å². The fraction of sp³-hybridized carbons (Fsp3) is 0.212. The first kappa shape index (κ1) is 28.1. The molecule has 7 nitrogen and oxygen atoms in total. The van der Waals surface area contributed by atoms with Crippen molar-refractivity contribution in [2.75, 3.05) is 31.5 Å². The number of nitrogens with one attached hydrogen (secondary N) is 1. The molecule has 42 heavy (non-hydrogen) atoms. The lowest BCUT2D eigenvalue weighted by Crippen LogP contribution is -2.48. The molecule has 1 aliphatic rings. The first-order valence-electron chi connectivity index (χ1n) is 13.9. The maximum Gasteiger partial charge on any atom is 0.270 e. The van der Waals surface area contributed by atoms with Crippen molar-refractivity contribution in [3.05, 3.63) is 118 Å². The van der Waals surface area contributed by atoms with Crippen molar-refractivity contribution in [2.45, 2.75) is 13.1 Å². The van der Waals surface area contributed by atoms with Crippen molar-refractivity contribution < 1.29 is 9.53 Å². The molecule has 0 radical (unpaired) electrons. The third kappa shape index (κ3) is 6.39. The summed E-state index contributed by atoms with van der Waals surface area (Å²) in [5.74, 6) is 1.20. The summed E-state index contributed by atoms with van der Waals surface area (Å²) in [6.07, 6.45) is 1.73. The van der Waals surface area contributed by atoms with Gasteiger partial charge in [0.05, 0.1) is 21.9 Å². The van der Waals surface area contributed by atoms with Gasteiger partial charge in [-0.3, -0.25) is 9.69 Å². The fourth-order valence-electron chi connectivity index (χ4n) is 5.23. The zero-order valence-electron chi connectivity index (χ0n) is 23.3. The topological polar surface area (TPSA) is 62.6 Å². The number of aromatic nitrogens is 2. The maximum absolute atomic E-state index is 13.5. The smallest absolute Gasteiger partial charge is 0.270 e. The molecule has 5 aromatic rings. The highest BCUT2D eigenvalue weighted by Gasteiger charge is 2.24. The second kappa shape index (κ2) is 12.4. The van der Waals surface area contributed by atoms with Crippen LogP contribution in [-0.4, -0.2) is 51.4 Å². The van der Waals surface area contributed by atoms with Gasteiger partial charge in [0, 0.05) is 63.3 Å². The summed E-state index contributed by atoms with van der Waals surface area (Å²) in [5.41, 5.74) is 4.82. The van der Waals surface area contributed by atoms with Gasteiger partial charge in [-0.1, -0.05) is 59.6 Å². The number of benzene rings is 3. The molecular weight excluding hydrogens is 569 g/mol. The molecule has 3 heterocycles.